The minimum atomic E-state index is -3.90. The Morgan fingerprint density at radius 3 is 2.26 bits per heavy atom. The summed E-state index contributed by atoms with van der Waals surface area (Å²) in [6.07, 6.45) is 0. The monoisotopic (exact) mass is 672 g/mol. The predicted molar refractivity (Wildman–Crippen MR) is 178 cm³/mol. The Balaban J connectivity index is 1.85. The average Bonchev–Trinajstić information content (AvgIpc) is 3.48. The van der Waals surface area contributed by atoms with Crippen molar-refractivity contribution in [3.8, 4) is 16.9 Å². The molecular formula is C30H40N8O6S2. The van der Waals surface area contributed by atoms with Crippen molar-refractivity contribution in [3.05, 3.63) is 78.1 Å². The van der Waals surface area contributed by atoms with Gasteiger partial charge in [-0.3, -0.25) is 14.4 Å². The summed E-state index contributed by atoms with van der Waals surface area (Å²) in [6, 6.07) is 14.5. The van der Waals surface area contributed by atoms with Gasteiger partial charge in [-0.25, -0.2) is 18.2 Å². The largest absolute Gasteiger partial charge is 0.395 e. The molecule has 1 aromatic heterocycles. The molecule has 2 amide bonds. The van der Waals surface area contributed by atoms with Gasteiger partial charge in [0.05, 0.1) is 54.0 Å². The molecule has 0 aliphatic rings. The highest BCUT2D eigenvalue weighted by Gasteiger charge is 2.25. The highest BCUT2D eigenvalue weighted by molar-refractivity contribution is 7.89. The molecule has 3 aromatic rings. The molecule has 0 aliphatic heterocycles. The maximum atomic E-state index is 13.5. The van der Waals surface area contributed by atoms with Gasteiger partial charge in [0.15, 0.2) is 5.78 Å². The van der Waals surface area contributed by atoms with E-state index in [9.17, 15) is 22.8 Å². The van der Waals surface area contributed by atoms with Crippen LogP contribution in [0.1, 0.15) is 17.3 Å². The Hall–Kier alpha value is -4.06. The van der Waals surface area contributed by atoms with E-state index in [2.05, 4.69) is 45.8 Å². The molecule has 8 N–H and O–H groups in total. The van der Waals surface area contributed by atoms with Gasteiger partial charge < -0.3 is 31.7 Å². The Labute approximate surface area is 273 Å². The number of nitrogens with two attached hydrogens (primary N) is 1. The Morgan fingerprint density at radius 1 is 0.957 bits per heavy atom. The fraction of sp³-hybridized carbons (Fsp3) is 0.333. The summed E-state index contributed by atoms with van der Waals surface area (Å²) in [6.45, 7) is 6.52. The van der Waals surface area contributed by atoms with E-state index in [1.165, 1.54) is 12.1 Å². The standard InChI is InChI=1S/C30H40N8O6S2/c1-20-3-5-22(6-4-20)26-15-25(37-38(26)23-7-9-24(10-8-23)46(31,43)44)30(33-12-11-32-13-14-39)27(40)17-36-28(41)18-34-21(2)16-35-29(42)19-45/h3-10,15,30,32-34,39,45H,2,11-14,16-19H2,1H3,(H,35,42)(H,36,41)(H2,31,43,44). The third kappa shape index (κ3) is 11.1. The fourth-order valence-corrected chi connectivity index (χ4v) is 4.84. The van der Waals surface area contributed by atoms with Crippen molar-refractivity contribution in [3.63, 3.8) is 0 Å². The average molecular weight is 673 g/mol. The summed E-state index contributed by atoms with van der Waals surface area (Å²) in [5.41, 5.74) is 3.83. The number of thiol groups is 1. The van der Waals surface area contributed by atoms with Gasteiger partial charge in [-0.15, -0.1) is 0 Å². The maximum Gasteiger partial charge on any atom is 0.239 e. The minimum Gasteiger partial charge on any atom is -0.395 e. The number of aliphatic hydroxyl groups excluding tert-OH is 1. The first-order valence-electron chi connectivity index (χ1n) is 14.4. The molecule has 0 aliphatic carbocycles. The number of nitrogens with zero attached hydrogens (tertiary/aromatic N) is 2. The summed E-state index contributed by atoms with van der Waals surface area (Å²) in [5.74, 6) is -1.07. The van der Waals surface area contributed by atoms with Gasteiger partial charge in [0, 0.05) is 30.9 Å². The molecule has 1 atom stereocenters. The van der Waals surface area contributed by atoms with Gasteiger partial charge in [0.25, 0.3) is 0 Å². The number of aliphatic hydroxyl groups is 1. The molecular weight excluding hydrogens is 633 g/mol. The molecule has 0 bridgehead atoms. The van der Waals surface area contributed by atoms with E-state index in [1.54, 1.807) is 22.9 Å². The third-order valence-electron chi connectivity index (χ3n) is 6.64. The zero-order chi connectivity index (χ0) is 33.7. The van der Waals surface area contributed by atoms with Gasteiger partial charge in [-0.1, -0.05) is 36.4 Å². The molecule has 0 saturated heterocycles. The van der Waals surface area contributed by atoms with Crippen LogP contribution in [0, 0.1) is 6.92 Å². The summed E-state index contributed by atoms with van der Waals surface area (Å²) in [4.78, 5) is 37.4. The molecule has 248 valence electrons. The Kier molecular flexibility index (Phi) is 13.9. The highest BCUT2D eigenvalue weighted by atomic mass is 32.2. The Morgan fingerprint density at radius 2 is 1.63 bits per heavy atom. The zero-order valence-corrected chi connectivity index (χ0v) is 27.2. The topological polar surface area (TPSA) is 210 Å². The fourth-order valence-electron chi connectivity index (χ4n) is 4.22. The van der Waals surface area contributed by atoms with Crippen LogP contribution in [-0.2, 0) is 24.4 Å². The number of aromatic nitrogens is 2. The van der Waals surface area contributed by atoms with Crippen LogP contribution >= 0.6 is 12.6 Å². The van der Waals surface area contributed by atoms with Gasteiger partial charge in [0.2, 0.25) is 21.8 Å². The van der Waals surface area contributed by atoms with Gasteiger partial charge in [0.1, 0.15) is 6.04 Å². The number of nitrogens with one attached hydrogen (secondary N) is 5. The number of Topliss-reactive ketones (excluding diaryl/α,β-unsaturated/α-hetero) is 1. The van der Waals surface area contributed by atoms with E-state index < -0.39 is 22.0 Å². The summed E-state index contributed by atoms with van der Waals surface area (Å²) in [5, 5.41) is 33.3. The quantitative estimate of drug-likeness (QED) is 0.0607. The second-order valence-corrected chi connectivity index (χ2v) is 12.1. The van der Waals surface area contributed by atoms with Crippen molar-refractivity contribution >= 4 is 40.2 Å². The molecule has 46 heavy (non-hydrogen) atoms. The van der Waals surface area contributed by atoms with Crippen LogP contribution in [0.15, 0.2) is 71.8 Å². The molecule has 0 spiro atoms. The molecule has 0 fully saturated rings. The van der Waals surface area contributed by atoms with Crippen LogP contribution < -0.4 is 31.7 Å². The lowest BCUT2D eigenvalue weighted by atomic mass is 10.1. The van der Waals surface area contributed by atoms with E-state index in [0.29, 0.717) is 42.4 Å². The lowest BCUT2D eigenvalue weighted by Gasteiger charge is -2.17. The van der Waals surface area contributed by atoms with Gasteiger partial charge in [-0.2, -0.15) is 17.7 Å². The van der Waals surface area contributed by atoms with Crippen LogP contribution in [0.25, 0.3) is 16.9 Å². The lowest BCUT2D eigenvalue weighted by molar-refractivity contribution is -0.125. The summed E-state index contributed by atoms with van der Waals surface area (Å²) >= 11 is 3.88. The first-order valence-corrected chi connectivity index (χ1v) is 16.5. The van der Waals surface area contributed by atoms with Crippen molar-refractivity contribution in [2.75, 3.05) is 51.6 Å². The van der Waals surface area contributed by atoms with Crippen molar-refractivity contribution in [2.24, 2.45) is 5.14 Å². The van der Waals surface area contributed by atoms with Crippen molar-refractivity contribution in [2.45, 2.75) is 17.9 Å². The summed E-state index contributed by atoms with van der Waals surface area (Å²) < 4.78 is 25.2. The number of primary sulfonamides is 1. The van der Waals surface area contributed by atoms with Crippen LogP contribution in [0.2, 0.25) is 0 Å². The predicted octanol–water partition coefficient (Wildman–Crippen LogP) is -0.458. The number of carbonyl (C=O) groups is 3. The number of benzene rings is 2. The molecule has 1 heterocycles. The minimum absolute atomic E-state index is 0.0260. The van der Waals surface area contributed by atoms with Crippen molar-refractivity contribution in [1.29, 1.82) is 0 Å². The van der Waals surface area contributed by atoms with Gasteiger partial charge >= 0.3 is 0 Å². The normalized spacial score (nSPS) is 11.9. The van der Waals surface area contributed by atoms with E-state index >= 15 is 0 Å². The molecule has 14 nitrogen and oxygen atoms in total. The molecule has 16 heteroatoms. The van der Waals surface area contributed by atoms with Crippen LogP contribution in [0.4, 0.5) is 0 Å². The van der Waals surface area contributed by atoms with Gasteiger partial charge in [-0.05, 0) is 37.3 Å². The number of sulfonamides is 1. The zero-order valence-electron chi connectivity index (χ0n) is 25.5. The van der Waals surface area contributed by atoms with E-state index in [0.717, 1.165) is 11.1 Å². The van der Waals surface area contributed by atoms with Crippen molar-refractivity contribution < 1.29 is 27.9 Å². The maximum absolute atomic E-state index is 13.5. The van der Waals surface area contributed by atoms with Crippen LogP contribution in [-0.4, -0.2) is 92.5 Å². The van der Waals surface area contributed by atoms with E-state index in [-0.39, 0.29) is 48.6 Å². The van der Waals surface area contributed by atoms with E-state index in [1.807, 2.05) is 31.2 Å². The van der Waals surface area contributed by atoms with E-state index in [4.69, 9.17) is 15.3 Å². The number of aryl methyl sites for hydroxylation is 1. The number of hydrogen-bond acceptors (Lipinski definition) is 11. The number of amides is 2. The van der Waals surface area contributed by atoms with Crippen LogP contribution in [0.5, 0.6) is 0 Å². The molecule has 3 rings (SSSR count). The number of ketones is 1. The molecule has 1 unspecified atom stereocenters. The SMILES string of the molecule is C=C(CNC(=O)CS)NCC(=O)NCC(=O)C(NCCNCCO)c1cc(-c2ccc(C)cc2)n(-c2ccc(S(N)(=O)=O)cc2)n1. The number of carbonyl (C=O) groups excluding carboxylic acids is 3. The first-order chi connectivity index (χ1) is 21.9. The van der Waals surface area contributed by atoms with Crippen molar-refractivity contribution in [1.82, 2.24) is 36.4 Å². The number of hydrogen-bond donors (Lipinski definition) is 8. The third-order valence-corrected chi connectivity index (χ3v) is 7.86. The smallest absolute Gasteiger partial charge is 0.239 e. The first kappa shape index (κ1) is 36.4. The summed E-state index contributed by atoms with van der Waals surface area (Å²) in [7, 11) is -3.90. The lowest BCUT2D eigenvalue weighted by Crippen LogP contribution is -2.42. The number of rotatable bonds is 19. The molecule has 0 saturated carbocycles. The second-order valence-electron chi connectivity index (χ2n) is 10.3. The Bertz CT molecular complexity index is 1610. The van der Waals surface area contributed by atoms with Crippen LogP contribution in [0.3, 0.4) is 0 Å². The highest BCUT2D eigenvalue weighted by Crippen LogP contribution is 2.28. The molecule has 0 radical (unpaired) electrons. The second kappa shape index (κ2) is 17.6. The molecule has 2 aromatic carbocycles.